The molecule has 2 N–H and O–H groups in total. The first kappa shape index (κ1) is 12.8. The van der Waals surface area contributed by atoms with Crippen LogP contribution >= 0.6 is 11.6 Å². The summed E-state index contributed by atoms with van der Waals surface area (Å²) in [5, 5.41) is 19.8. The van der Waals surface area contributed by atoms with E-state index in [-0.39, 0.29) is 35.0 Å². The van der Waals surface area contributed by atoms with Crippen molar-refractivity contribution in [3.8, 4) is 17.2 Å². The molecule has 1 unspecified atom stereocenters. The number of carbonyl (C=O) groups is 1. The van der Waals surface area contributed by atoms with Gasteiger partial charge in [0, 0.05) is 17.2 Å². The molecular formula is C15H11ClO4. The van der Waals surface area contributed by atoms with Crippen LogP contribution in [0.3, 0.4) is 0 Å². The molecule has 0 radical (unpaired) electrons. The van der Waals surface area contributed by atoms with E-state index in [0.29, 0.717) is 5.02 Å². The molecule has 1 heterocycles. The molecule has 0 saturated heterocycles. The number of rotatable bonds is 1. The fourth-order valence-corrected chi connectivity index (χ4v) is 2.52. The van der Waals surface area contributed by atoms with Crippen molar-refractivity contribution >= 4 is 17.4 Å². The monoisotopic (exact) mass is 290 g/mol. The molecule has 0 aromatic heterocycles. The van der Waals surface area contributed by atoms with Gasteiger partial charge in [-0.2, -0.15) is 0 Å². The molecule has 2 aromatic rings. The highest BCUT2D eigenvalue weighted by atomic mass is 35.5. The standard InChI is InChI=1S/C15H11ClO4/c16-9-3-1-2-8(4-9)13-7-12(19)15-11(18)5-10(17)6-14(15)20-13/h1-6,13,17-18H,7H2. The van der Waals surface area contributed by atoms with Crippen LogP contribution in [0.2, 0.25) is 5.02 Å². The van der Waals surface area contributed by atoms with E-state index in [1.807, 2.05) is 6.07 Å². The molecule has 0 bridgehead atoms. The van der Waals surface area contributed by atoms with Gasteiger partial charge in [0.25, 0.3) is 0 Å². The number of aromatic hydroxyl groups is 2. The van der Waals surface area contributed by atoms with Crippen LogP contribution in [-0.2, 0) is 0 Å². The van der Waals surface area contributed by atoms with Gasteiger partial charge in [-0.25, -0.2) is 0 Å². The van der Waals surface area contributed by atoms with Crippen LogP contribution in [-0.4, -0.2) is 16.0 Å². The minimum absolute atomic E-state index is 0.112. The van der Waals surface area contributed by atoms with Gasteiger partial charge in [-0.1, -0.05) is 23.7 Å². The van der Waals surface area contributed by atoms with Gasteiger partial charge in [0.05, 0.1) is 6.42 Å². The second kappa shape index (κ2) is 4.72. The van der Waals surface area contributed by atoms with Crippen LogP contribution in [0.1, 0.15) is 28.4 Å². The van der Waals surface area contributed by atoms with Crippen molar-refractivity contribution in [2.24, 2.45) is 0 Å². The van der Waals surface area contributed by atoms with Crippen LogP contribution < -0.4 is 4.74 Å². The van der Waals surface area contributed by atoms with E-state index < -0.39 is 6.10 Å². The van der Waals surface area contributed by atoms with Gasteiger partial charge in [0.2, 0.25) is 0 Å². The second-order valence-corrected chi connectivity index (χ2v) is 5.06. The Kier molecular flexibility index (Phi) is 3.03. The minimum Gasteiger partial charge on any atom is -0.508 e. The smallest absolute Gasteiger partial charge is 0.174 e. The maximum Gasteiger partial charge on any atom is 0.174 e. The number of Topliss-reactive ketones (excluding diaryl/α,β-unsaturated/α-hetero) is 1. The fraction of sp³-hybridized carbons (Fsp3) is 0.133. The minimum atomic E-state index is -0.477. The summed E-state index contributed by atoms with van der Waals surface area (Å²) in [7, 11) is 0. The van der Waals surface area contributed by atoms with Gasteiger partial charge in [0.15, 0.2) is 5.78 Å². The summed E-state index contributed by atoms with van der Waals surface area (Å²) in [5.41, 5.74) is 0.889. The van der Waals surface area contributed by atoms with Crippen LogP contribution in [0.5, 0.6) is 17.2 Å². The molecule has 0 fully saturated rings. The normalized spacial score (nSPS) is 17.4. The molecule has 1 atom stereocenters. The highest BCUT2D eigenvalue weighted by Gasteiger charge is 2.30. The van der Waals surface area contributed by atoms with E-state index >= 15 is 0 Å². The highest BCUT2D eigenvalue weighted by molar-refractivity contribution is 6.30. The Morgan fingerprint density at radius 3 is 2.75 bits per heavy atom. The van der Waals surface area contributed by atoms with Gasteiger partial charge in [-0.3, -0.25) is 4.79 Å². The molecule has 0 amide bonds. The number of fused-ring (bicyclic) bond motifs is 1. The van der Waals surface area contributed by atoms with Crippen molar-refractivity contribution in [1.82, 2.24) is 0 Å². The van der Waals surface area contributed by atoms with Crippen LogP contribution in [0.25, 0.3) is 0 Å². The van der Waals surface area contributed by atoms with E-state index in [1.165, 1.54) is 6.07 Å². The molecule has 0 aliphatic carbocycles. The summed E-state index contributed by atoms with van der Waals surface area (Å²) in [6.45, 7) is 0. The lowest BCUT2D eigenvalue weighted by atomic mass is 9.95. The van der Waals surface area contributed by atoms with Crippen molar-refractivity contribution in [1.29, 1.82) is 0 Å². The van der Waals surface area contributed by atoms with E-state index in [9.17, 15) is 15.0 Å². The number of carbonyl (C=O) groups excluding carboxylic acids is 1. The third kappa shape index (κ3) is 2.18. The van der Waals surface area contributed by atoms with E-state index in [4.69, 9.17) is 16.3 Å². The first-order valence-electron chi connectivity index (χ1n) is 6.06. The molecular weight excluding hydrogens is 280 g/mol. The summed E-state index contributed by atoms with van der Waals surface area (Å²) in [5.74, 6) is -0.465. The average Bonchev–Trinajstić information content (AvgIpc) is 2.37. The Labute approximate surface area is 120 Å². The summed E-state index contributed by atoms with van der Waals surface area (Å²) in [6, 6.07) is 9.51. The van der Waals surface area contributed by atoms with Crippen LogP contribution in [0.15, 0.2) is 36.4 Å². The van der Waals surface area contributed by atoms with Crippen molar-refractivity contribution in [3.63, 3.8) is 0 Å². The second-order valence-electron chi connectivity index (χ2n) is 4.63. The fourth-order valence-electron chi connectivity index (χ4n) is 2.32. The lowest BCUT2D eigenvalue weighted by Crippen LogP contribution is -2.20. The Balaban J connectivity index is 2.02. The molecule has 20 heavy (non-hydrogen) atoms. The number of benzene rings is 2. The predicted molar refractivity (Wildman–Crippen MR) is 73.5 cm³/mol. The number of ketones is 1. The molecule has 2 aromatic carbocycles. The first-order valence-corrected chi connectivity index (χ1v) is 6.43. The van der Waals surface area contributed by atoms with Crippen molar-refractivity contribution < 1.29 is 19.7 Å². The maximum atomic E-state index is 12.1. The lowest BCUT2D eigenvalue weighted by Gasteiger charge is -2.26. The first-order chi connectivity index (χ1) is 9.54. The quantitative estimate of drug-likeness (QED) is 0.844. The zero-order chi connectivity index (χ0) is 14.3. The van der Waals surface area contributed by atoms with Gasteiger partial charge in [-0.05, 0) is 17.7 Å². The maximum absolute atomic E-state index is 12.1. The zero-order valence-corrected chi connectivity index (χ0v) is 11.1. The number of phenols is 2. The molecule has 1 aliphatic heterocycles. The number of hydrogen-bond donors (Lipinski definition) is 2. The van der Waals surface area contributed by atoms with Crippen LogP contribution in [0.4, 0.5) is 0 Å². The summed E-state index contributed by atoms with van der Waals surface area (Å²) in [6.07, 6.45) is -0.360. The van der Waals surface area contributed by atoms with Crippen LogP contribution in [0, 0.1) is 0 Å². The van der Waals surface area contributed by atoms with Crippen molar-refractivity contribution in [3.05, 3.63) is 52.5 Å². The Morgan fingerprint density at radius 2 is 2.00 bits per heavy atom. The zero-order valence-electron chi connectivity index (χ0n) is 10.3. The topological polar surface area (TPSA) is 66.8 Å². The SMILES string of the molecule is O=C1CC(c2cccc(Cl)c2)Oc2cc(O)cc(O)c21. The number of hydrogen-bond acceptors (Lipinski definition) is 4. The summed E-state index contributed by atoms with van der Waals surface area (Å²) < 4.78 is 5.71. The van der Waals surface area contributed by atoms with Gasteiger partial charge in [-0.15, -0.1) is 0 Å². The number of phenolic OH excluding ortho intramolecular Hbond substituents is 2. The van der Waals surface area contributed by atoms with E-state index in [0.717, 1.165) is 11.6 Å². The molecule has 4 nitrogen and oxygen atoms in total. The lowest BCUT2D eigenvalue weighted by molar-refractivity contribution is 0.0845. The van der Waals surface area contributed by atoms with E-state index in [2.05, 4.69) is 0 Å². The molecule has 0 saturated carbocycles. The Hall–Kier alpha value is -2.20. The summed E-state index contributed by atoms with van der Waals surface area (Å²) in [4.78, 5) is 12.1. The number of ether oxygens (including phenoxy) is 1. The van der Waals surface area contributed by atoms with Gasteiger partial charge < -0.3 is 14.9 Å². The van der Waals surface area contributed by atoms with Crippen molar-refractivity contribution in [2.75, 3.05) is 0 Å². The molecule has 0 spiro atoms. The van der Waals surface area contributed by atoms with Gasteiger partial charge in [0.1, 0.15) is 28.9 Å². The predicted octanol–water partition coefficient (Wildman–Crippen LogP) is 3.46. The molecule has 3 rings (SSSR count). The molecule has 1 aliphatic rings. The van der Waals surface area contributed by atoms with Gasteiger partial charge >= 0.3 is 0 Å². The Morgan fingerprint density at radius 1 is 1.20 bits per heavy atom. The summed E-state index contributed by atoms with van der Waals surface area (Å²) >= 11 is 5.93. The number of halogens is 1. The van der Waals surface area contributed by atoms with E-state index in [1.54, 1.807) is 18.2 Å². The highest BCUT2D eigenvalue weighted by Crippen LogP contribution is 2.41. The molecule has 5 heteroatoms. The molecule has 102 valence electrons. The third-order valence-electron chi connectivity index (χ3n) is 3.21. The largest absolute Gasteiger partial charge is 0.508 e. The van der Waals surface area contributed by atoms with Crippen molar-refractivity contribution in [2.45, 2.75) is 12.5 Å². The average molecular weight is 291 g/mol. The Bertz CT molecular complexity index is 696. The third-order valence-corrected chi connectivity index (χ3v) is 3.44.